The van der Waals surface area contributed by atoms with Crippen LogP contribution in [0.2, 0.25) is 0 Å². The van der Waals surface area contributed by atoms with Crippen LogP contribution in [0.3, 0.4) is 0 Å². The number of ether oxygens (including phenoxy) is 7. The van der Waals surface area contributed by atoms with E-state index in [1.807, 2.05) is 36.4 Å². The normalized spacial score (nSPS) is 27.4. The van der Waals surface area contributed by atoms with Crippen molar-refractivity contribution in [2.75, 3.05) is 59.5 Å². The molecular weight excluding hydrogens is 604 g/mol. The largest absolute Gasteiger partial charge is 0.423 e. The Bertz CT molecular complexity index is 1320. The second kappa shape index (κ2) is 15.8. The lowest BCUT2D eigenvalue weighted by atomic mass is 9.96. The summed E-state index contributed by atoms with van der Waals surface area (Å²) < 4.78 is 39.4. The molecule has 2 aromatic carbocycles. The quantitative estimate of drug-likeness (QED) is 0.0745. The molecule has 10 heteroatoms. The fourth-order valence-corrected chi connectivity index (χ4v) is 7.05. The van der Waals surface area contributed by atoms with Gasteiger partial charge >= 0.3 is 5.97 Å². The van der Waals surface area contributed by atoms with E-state index in [2.05, 4.69) is 6.92 Å². The first-order valence-corrected chi connectivity index (χ1v) is 17.5. The van der Waals surface area contributed by atoms with Gasteiger partial charge in [0.05, 0.1) is 52.9 Å². The van der Waals surface area contributed by atoms with E-state index in [4.69, 9.17) is 42.9 Å². The van der Waals surface area contributed by atoms with E-state index < -0.39 is 18.5 Å². The lowest BCUT2D eigenvalue weighted by Gasteiger charge is -2.30. The fourth-order valence-electron chi connectivity index (χ4n) is 7.05. The van der Waals surface area contributed by atoms with Crippen molar-refractivity contribution in [2.45, 2.75) is 70.4 Å². The van der Waals surface area contributed by atoms with E-state index in [9.17, 15) is 4.79 Å². The number of esters is 1. The number of benzene rings is 2. The molecule has 0 saturated carbocycles. The predicted octanol–water partition coefficient (Wildman–Crippen LogP) is 6.04. The minimum absolute atomic E-state index is 0.0840. The Morgan fingerprint density at radius 3 is 1.74 bits per heavy atom. The highest BCUT2D eigenvalue weighted by Gasteiger charge is 2.31. The maximum Gasteiger partial charge on any atom is 0.368 e. The standard InChI is InChI=1S/C37H48O10/c1-24-33-13-29(46-36(38)37-43-21-27(22-44-37)6-3-2-5-25-15-39-16-25)9-11-31(33)32-12-10-30(14-34(24)32)47-45-23-35-41-19-28(20-42-35)8-4-7-26-17-40-18-26/h9-14,24-28,35,37H,2-8,15-23H2,1H3. The first kappa shape index (κ1) is 33.0. The lowest BCUT2D eigenvalue weighted by molar-refractivity contribution is -0.288. The smallest absolute Gasteiger partial charge is 0.368 e. The predicted molar refractivity (Wildman–Crippen MR) is 171 cm³/mol. The SMILES string of the molecule is CC1c2cc(OOCC3OCC(CCCC4COC4)CO3)ccc2-c2ccc(OC(=O)C3OCC(CCCCC4COC4)CO3)cc21. The molecule has 4 saturated heterocycles. The Balaban J connectivity index is 0.827. The molecule has 1 aliphatic carbocycles. The summed E-state index contributed by atoms with van der Waals surface area (Å²) in [6, 6.07) is 11.7. The van der Waals surface area contributed by atoms with E-state index in [0.29, 0.717) is 49.8 Å². The zero-order valence-corrected chi connectivity index (χ0v) is 27.4. The first-order chi connectivity index (χ1) is 23.1. The monoisotopic (exact) mass is 652 g/mol. The summed E-state index contributed by atoms with van der Waals surface area (Å²) in [5.74, 6) is 2.86. The van der Waals surface area contributed by atoms with Crippen LogP contribution in [0.1, 0.15) is 68.9 Å². The molecule has 0 aromatic heterocycles. The Morgan fingerprint density at radius 1 is 0.660 bits per heavy atom. The van der Waals surface area contributed by atoms with Gasteiger partial charge in [0.2, 0.25) is 0 Å². The first-order valence-electron chi connectivity index (χ1n) is 17.5. The van der Waals surface area contributed by atoms with Gasteiger partial charge in [-0.25, -0.2) is 4.79 Å². The molecule has 10 nitrogen and oxygen atoms in total. The van der Waals surface area contributed by atoms with Gasteiger partial charge in [-0.05, 0) is 72.2 Å². The molecule has 7 rings (SSSR count). The molecule has 2 aromatic rings. The van der Waals surface area contributed by atoms with Gasteiger partial charge in [0, 0.05) is 29.6 Å². The van der Waals surface area contributed by atoms with Crippen molar-refractivity contribution in [1.29, 1.82) is 0 Å². The van der Waals surface area contributed by atoms with Gasteiger partial charge in [0.1, 0.15) is 12.4 Å². The Morgan fingerprint density at radius 2 is 1.17 bits per heavy atom. The maximum atomic E-state index is 12.9. The van der Waals surface area contributed by atoms with Crippen LogP contribution >= 0.6 is 0 Å². The number of carbonyl (C=O) groups excluding carboxylic acids is 1. The van der Waals surface area contributed by atoms with E-state index >= 15 is 0 Å². The van der Waals surface area contributed by atoms with Gasteiger partial charge in [-0.15, -0.1) is 0 Å². The lowest BCUT2D eigenvalue weighted by Crippen LogP contribution is -2.39. The average Bonchev–Trinajstić information content (AvgIpc) is 3.32. The molecular formula is C37H48O10. The molecule has 1 unspecified atom stereocenters. The number of rotatable bonds is 15. The molecule has 5 aliphatic rings. The second-order valence-electron chi connectivity index (χ2n) is 13.9. The van der Waals surface area contributed by atoms with Crippen molar-refractivity contribution in [3.8, 4) is 22.6 Å². The fraction of sp³-hybridized carbons (Fsp3) is 0.649. The third-order valence-corrected chi connectivity index (χ3v) is 10.2. The van der Waals surface area contributed by atoms with Crippen molar-refractivity contribution in [1.82, 2.24) is 0 Å². The Hall–Kier alpha value is -2.57. The summed E-state index contributed by atoms with van der Waals surface area (Å²) in [5.41, 5.74) is 4.44. The van der Waals surface area contributed by atoms with Crippen molar-refractivity contribution >= 4 is 5.97 Å². The summed E-state index contributed by atoms with van der Waals surface area (Å²) in [6.45, 7) is 8.35. The molecule has 0 spiro atoms. The third-order valence-electron chi connectivity index (χ3n) is 10.2. The van der Waals surface area contributed by atoms with Crippen LogP contribution in [-0.2, 0) is 38.1 Å². The zero-order valence-electron chi connectivity index (χ0n) is 27.4. The third kappa shape index (κ3) is 8.36. The summed E-state index contributed by atoms with van der Waals surface area (Å²) in [7, 11) is 0. The topological polar surface area (TPSA) is 100 Å². The molecule has 4 aliphatic heterocycles. The molecule has 4 fully saturated rings. The Labute approximate surface area is 277 Å². The van der Waals surface area contributed by atoms with Crippen molar-refractivity contribution in [2.24, 2.45) is 23.7 Å². The highest BCUT2D eigenvalue weighted by molar-refractivity contribution is 5.81. The molecule has 4 heterocycles. The molecule has 0 bridgehead atoms. The molecule has 47 heavy (non-hydrogen) atoms. The molecule has 0 amide bonds. The van der Waals surface area contributed by atoms with Crippen LogP contribution in [0.25, 0.3) is 11.1 Å². The van der Waals surface area contributed by atoms with E-state index in [1.165, 1.54) is 25.7 Å². The molecule has 0 N–H and O–H groups in total. The second-order valence-corrected chi connectivity index (χ2v) is 13.9. The van der Waals surface area contributed by atoms with Gasteiger partial charge in [0.25, 0.3) is 6.29 Å². The average molecular weight is 653 g/mol. The zero-order chi connectivity index (χ0) is 32.0. The summed E-state index contributed by atoms with van der Waals surface area (Å²) in [6.07, 6.45) is 6.69. The summed E-state index contributed by atoms with van der Waals surface area (Å²) in [5, 5.41) is 0. The number of hydrogen-bond donors (Lipinski definition) is 0. The van der Waals surface area contributed by atoms with Crippen LogP contribution in [0.5, 0.6) is 11.5 Å². The van der Waals surface area contributed by atoms with E-state index in [1.54, 1.807) is 0 Å². The van der Waals surface area contributed by atoms with E-state index in [-0.39, 0.29) is 12.5 Å². The van der Waals surface area contributed by atoms with Gasteiger partial charge in [-0.2, -0.15) is 4.89 Å². The van der Waals surface area contributed by atoms with Crippen molar-refractivity contribution < 1.29 is 47.7 Å². The number of fused-ring (bicyclic) bond motifs is 3. The van der Waals surface area contributed by atoms with E-state index in [0.717, 1.165) is 79.8 Å². The van der Waals surface area contributed by atoms with Gasteiger partial charge in [-0.3, -0.25) is 0 Å². The summed E-state index contributed by atoms with van der Waals surface area (Å²) >= 11 is 0. The molecule has 0 radical (unpaired) electrons. The minimum atomic E-state index is -0.996. The van der Waals surface area contributed by atoms with Crippen LogP contribution < -0.4 is 9.62 Å². The number of carbonyl (C=O) groups is 1. The Kier molecular flexibility index (Phi) is 11.1. The van der Waals surface area contributed by atoms with Crippen LogP contribution in [0, 0.1) is 23.7 Å². The highest BCUT2D eigenvalue weighted by Crippen LogP contribution is 2.47. The van der Waals surface area contributed by atoms with Crippen LogP contribution in [0.15, 0.2) is 36.4 Å². The van der Waals surface area contributed by atoms with Gasteiger partial charge in [0.15, 0.2) is 12.0 Å². The summed E-state index contributed by atoms with van der Waals surface area (Å²) in [4.78, 5) is 24.0. The minimum Gasteiger partial charge on any atom is -0.423 e. The van der Waals surface area contributed by atoms with Gasteiger partial charge in [-0.1, -0.05) is 38.3 Å². The molecule has 1 atom stereocenters. The van der Waals surface area contributed by atoms with Gasteiger partial charge < -0.3 is 38.0 Å². The van der Waals surface area contributed by atoms with Crippen LogP contribution in [-0.4, -0.2) is 78.0 Å². The van der Waals surface area contributed by atoms with Crippen molar-refractivity contribution in [3.05, 3.63) is 47.5 Å². The number of hydrogen-bond acceptors (Lipinski definition) is 10. The highest BCUT2D eigenvalue weighted by atomic mass is 17.2. The maximum absolute atomic E-state index is 12.9. The van der Waals surface area contributed by atoms with Crippen molar-refractivity contribution in [3.63, 3.8) is 0 Å². The number of unbranched alkanes of at least 4 members (excludes halogenated alkanes) is 1. The van der Waals surface area contributed by atoms with Crippen LogP contribution in [0.4, 0.5) is 0 Å². The molecule has 256 valence electrons.